The maximum Gasteiger partial charge on any atom is 0.297 e. The van der Waals surface area contributed by atoms with E-state index in [0.29, 0.717) is 43.7 Å². The number of nitro benzene ring substituents is 1. The Balaban J connectivity index is 0.900. The number of piperidine rings is 1. The standard InChI is InChI=1S/C54H66FN7O9S/c1-32(2)30-70-52-48(26-41-42(55)29-56-50(41)58-52)71-46-23-35(60-21-18-54(19-22-60)27-36(28-54)61-20-8-11-44(61)39-10-7-6-9-38(39)33(3)4)12-13-40(46)51(63)59-72(67,68)37-24-45(62(65)66)49-47(25-37)69-31-43(57-49)34-14-16-53(5,64)17-15-34/h6-7,9-10,12-13,23-26,29,32-34,36,43-44,57,64H,8,11,14-22,27-28,30-31H2,1-5H3,(H,56,58)(H,59,63)/t34?,43-,44-,53?/m1/s1. The lowest BCUT2D eigenvalue weighted by atomic mass is 9.59. The summed E-state index contributed by atoms with van der Waals surface area (Å²) in [6, 6.07) is 18.1. The predicted molar refractivity (Wildman–Crippen MR) is 272 cm³/mol. The van der Waals surface area contributed by atoms with Crippen LogP contribution in [0.4, 0.5) is 21.5 Å². The summed E-state index contributed by atoms with van der Waals surface area (Å²) in [4.78, 5) is 37.9. The highest BCUT2D eigenvalue weighted by atomic mass is 32.2. The highest BCUT2D eigenvalue weighted by Crippen LogP contribution is 2.54. The lowest BCUT2D eigenvalue weighted by molar-refractivity contribution is -0.384. The molecule has 2 saturated heterocycles. The van der Waals surface area contributed by atoms with Crippen LogP contribution >= 0.6 is 0 Å². The first-order valence-corrected chi connectivity index (χ1v) is 27.1. The molecule has 1 amide bonds. The number of nitrogens with zero attached hydrogens (tertiary/aromatic N) is 4. The Hall–Kier alpha value is -5.98. The van der Waals surface area contributed by atoms with Crippen LogP contribution < -0.4 is 29.1 Å². The fourth-order valence-corrected chi connectivity index (χ4v) is 12.9. The number of anilines is 2. The number of nitro groups is 1. The Kier molecular flexibility index (Phi) is 13.4. The zero-order valence-corrected chi connectivity index (χ0v) is 42.5. The number of hydrogen-bond donors (Lipinski definition) is 4. The zero-order chi connectivity index (χ0) is 50.7. The van der Waals surface area contributed by atoms with E-state index in [1.165, 1.54) is 48.4 Å². The smallest absolute Gasteiger partial charge is 0.297 e. The van der Waals surface area contributed by atoms with E-state index < -0.39 is 42.9 Å². The van der Waals surface area contributed by atoms with Crippen LogP contribution in [-0.2, 0) is 10.0 Å². The molecule has 5 heterocycles. The number of aliphatic hydroxyl groups is 1. The number of pyridine rings is 1. The Morgan fingerprint density at radius 3 is 2.49 bits per heavy atom. The fraction of sp³-hybridized carbons (Fsp3) is 0.519. The van der Waals surface area contributed by atoms with Gasteiger partial charge >= 0.3 is 0 Å². The first-order chi connectivity index (χ1) is 34.4. The normalized spacial score (nSPS) is 23.4. The van der Waals surface area contributed by atoms with Gasteiger partial charge in [0.25, 0.3) is 27.5 Å². The van der Waals surface area contributed by atoms with Crippen LogP contribution in [0.3, 0.4) is 0 Å². The van der Waals surface area contributed by atoms with Gasteiger partial charge < -0.3 is 34.5 Å². The zero-order valence-electron chi connectivity index (χ0n) is 41.7. The number of carbonyl (C=O) groups is 1. The van der Waals surface area contributed by atoms with Crippen molar-refractivity contribution in [1.29, 1.82) is 0 Å². The van der Waals surface area contributed by atoms with Gasteiger partial charge in [-0.3, -0.25) is 19.8 Å². The molecule has 0 unspecified atom stereocenters. The molecule has 1 spiro atoms. The number of halogens is 1. The van der Waals surface area contributed by atoms with Crippen molar-refractivity contribution in [3.8, 4) is 23.1 Å². The molecule has 5 aliphatic rings. The van der Waals surface area contributed by atoms with Gasteiger partial charge in [-0.1, -0.05) is 52.0 Å². The molecule has 10 rings (SSSR count). The van der Waals surface area contributed by atoms with Crippen molar-refractivity contribution >= 4 is 44.0 Å². The van der Waals surface area contributed by atoms with Gasteiger partial charge in [-0.05, 0) is 124 Å². The summed E-state index contributed by atoms with van der Waals surface area (Å²) >= 11 is 0. The maximum absolute atomic E-state index is 15.1. The number of ether oxygens (including phenoxy) is 3. The second-order valence-electron chi connectivity index (χ2n) is 21.9. The average Bonchev–Trinajstić information content (AvgIpc) is 3.97. The molecule has 384 valence electrons. The van der Waals surface area contributed by atoms with Crippen LogP contribution in [-0.4, -0.2) is 89.8 Å². The third kappa shape index (κ3) is 9.93. The van der Waals surface area contributed by atoms with Gasteiger partial charge in [0, 0.05) is 61.3 Å². The number of nitrogens with one attached hydrogen (secondary N) is 3. The van der Waals surface area contributed by atoms with E-state index >= 15 is 4.39 Å². The fourth-order valence-electron chi connectivity index (χ4n) is 11.9. The van der Waals surface area contributed by atoms with E-state index in [1.54, 1.807) is 19.1 Å². The third-order valence-corrected chi connectivity index (χ3v) is 17.3. The van der Waals surface area contributed by atoms with E-state index in [9.17, 15) is 28.4 Å². The number of hydrogen-bond acceptors (Lipinski definition) is 13. The number of likely N-dealkylation sites (tertiary alicyclic amines) is 1. The lowest BCUT2D eigenvalue weighted by Gasteiger charge is -2.56. The molecule has 3 aliphatic heterocycles. The SMILES string of the molecule is CC(C)COc1nc2[nH]cc(F)c2cc1Oc1cc(N2CCC3(CC2)CC(N2CCC[C@@H]2c2ccccc2C(C)C)C3)ccc1C(=O)NS(=O)(=O)c1cc2c(c([N+](=O)[O-])c1)N[C@@H](C1CCC(C)(O)CC1)CO2. The van der Waals surface area contributed by atoms with Crippen LogP contribution in [0.1, 0.15) is 132 Å². The molecule has 18 heteroatoms. The van der Waals surface area contributed by atoms with Crippen LogP contribution in [0.25, 0.3) is 11.0 Å². The molecule has 3 aromatic carbocycles. The lowest BCUT2D eigenvalue weighted by Crippen LogP contribution is -2.54. The number of rotatable bonds is 14. The van der Waals surface area contributed by atoms with Crippen LogP contribution in [0, 0.1) is 33.2 Å². The summed E-state index contributed by atoms with van der Waals surface area (Å²) in [7, 11) is -4.76. The van der Waals surface area contributed by atoms with Crippen LogP contribution in [0.15, 0.2) is 71.8 Å². The molecule has 16 nitrogen and oxygen atoms in total. The highest BCUT2D eigenvalue weighted by Gasteiger charge is 2.50. The quantitative estimate of drug-likeness (QED) is 0.0605. The Bertz CT molecular complexity index is 2970. The highest BCUT2D eigenvalue weighted by molar-refractivity contribution is 7.90. The summed E-state index contributed by atoms with van der Waals surface area (Å²) in [6.45, 7) is 13.3. The van der Waals surface area contributed by atoms with Gasteiger partial charge in [0.1, 0.15) is 23.8 Å². The molecular weight excluding hydrogens is 942 g/mol. The molecule has 4 N–H and O–H groups in total. The minimum absolute atomic E-state index is 0.0110. The van der Waals surface area contributed by atoms with E-state index in [4.69, 9.17) is 14.2 Å². The largest absolute Gasteiger partial charge is 0.489 e. The number of benzene rings is 3. The molecule has 2 saturated carbocycles. The summed E-state index contributed by atoms with van der Waals surface area (Å²) in [5.74, 6) is -1.01. The Morgan fingerprint density at radius 1 is 1.01 bits per heavy atom. The van der Waals surface area contributed by atoms with Gasteiger partial charge in [0.15, 0.2) is 17.2 Å². The number of aromatic nitrogens is 2. The van der Waals surface area contributed by atoms with Gasteiger partial charge in [-0.25, -0.2) is 17.5 Å². The van der Waals surface area contributed by atoms with E-state index in [2.05, 4.69) is 67.9 Å². The molecule has 2 aromatic heterocycles. The van der Waals surface area contributed by atoms with Gasteiger partial charge in [-0.15, -0.1) is 0 Å². The van der Waals surface area contributed by atoms with Crippen LogP contribution in [0.2, 0.25) is 0 Å². The van der Waals surface area contributed by atoms with Crippen molar-refractivity contribution in [3.63, 3.8) is 0 Å². The van der Waals surface area contributed by atoms with Gasteiger partial charge in [0.05, 0.1) is 39.0 Å². The predicted octanol–water partition coefficient (Wildman–Crippen LogP) is 10.4. The molecule has 2 atom stereocenters. The van der Waals surface area contributed by atoms with Crippen molar-refractivity contribution in [2.45, 2.75) is 133 Å². The molecule has 2 aliphatic carbocycles. The third-order valence-electron chi connectivity index (χ3n) is 16.0. The maximum atomic E-state index is 15.1. The minimum atomic E-state index is -4.76. The summed E-state index contributed by atoms with van der Waals surface area (Å²) < 4.78 is 64.0. The van der Waals surface area contributed by atoms with Gasteiger partial charge in [-0.2, -0.15) is 4.98 Å². The molecule has 5 aromatic rings. The second kappa shape index (κ2) is 19.5. The Labute approximate surface area is 420 Å². The molecule has 0 bridgehead atoms. The van der Waals surface area contributed by atoms with Crippen molar-refractivity contribution in [1.82, 2.24) is 19.6 Å². The van der Waals surface area contributed by atoms with Crippen molar-refractivity contribution in [2.24, 2.45) is 17.3 Å². The molecule has 0 radical (unpaired) electrons. The van der Waals surface area contributed by atoms with E-state index in [0.717, 1.165) is 57.1 Å². The summed E-state index contributed by atoms with van der Waals surface area (Å²) in [6.07, 6.45) is 10.4. The van der Waals surface area contributed by atoms with Crippen molar-refractivity contribution in [2.75, 3.05) is 43.1 Å². The summed E-state index contributed by atoms with van der Waals surface area (Å²) in [5.41, 5.74) is 2.71. The number of sulfonamides is 1. The number of carbonyl (C=O) groups excluding carboxylic acids is 1. The second-order valence-corrected chi connectivity index (χ2v) is 23.6. The number of H-pyrrole nitrogens is 1. The van der Waals surface area contributed by atoms with Crippen LogP contribution in [0.5, 0.6) is 23.1 Å². The number of fused-ring (bicyclic) bond motifs is 2. The Morgan fingerprint density at radius 2 is 1.76 bits per heavy atom. The average molecular weight is 1010 g/mol. The minimum Gasteiger partial charge on any atom is -0.489 e. The monoisotopic (exact) mass is 1010 g/mol. The van der Waals surface area contributed by atoms with Crippen molar-refractivity contribution < 1.29 is 41.8 Å². The first-order valence-electron chi connectivity index (χ1n) is 25.6. The topological polar surface area (TPSA) is 201 Å². The van der Waals surface area contributed by atoms with E-state index in [-0.39, 0.29) is 81.9 Å². The van der Waals surface area contributed by atoms with Gasteiger partial charge in [0.2, 0.25) is 0 Å². The molecule has 4 fully saturated rings. The number of amides is 1. The first kappa shape index (κ1) is 49.6. The van der Waals surface area contributed by atoms with Crippen molar-refractivity contribution in [3.05, 3.63) is 99.5 Å². The van der Waals surface area contributed by atoms with E-state index in [1.807, 2.05) is 13.8 Å². The molecule has 72 heavy (non-hydrogen) atoms. The summed E-state index contributed by atoms with van der Waals surface area (Å²) in [5, 5.41) is 26.3. The number of aromatic amines is 1. The molecular formula is C54H66FN7O9S.